The molecule has 6 rings (SSSR count). The average Bonchev–Trinajstić information content (AvgIpc) is 3.41. The van der Waals surface area contributed by atoms with Crippen molar-refractivity contribution in [3.63, 3.8) is 0 Å². The molecule has 2 aromatic heterocycles. The van der Waals surface area contributed by atoms with E-state index in [1.165, 1.54) is 24.3 Å². The largest absolute Gasteiger partial charge is 0.478 e. The normalized spacial score (nSPS) is 11.9. The number of aromatic nitrogens is 2. The molecule has 0 aliphatic rings. The number of hydrogen-bond acceptors (Lipinski definition) is 4. The minimum atomic E-state index is -1.00. The molecule has 3 N–H and O–H groups in total. The molecular formula is C34H27FN4O3. The van der Waals surface area contributed by atoms with Crippen molar-refractivity contribution in [2.24, 2.45) is 0 Å². The first-order valence-corrected chi connectivity index (χ1v) is 13.5. The van der Waals surface area contributed by atoms with E-state index in [0.29, 0.717) is 17.6 Å². The monoisotopic (exact) mass is 558 g/mol. The Balaban J connectivity index is 1.37. The molecule has 6 aromatic rings. The van der Waals surface area contributed by atoms with Crippen molar-refractivity contribution < 1.29 is 19.1 Å². The highest BCUT2D eigenvalue weighted by molar-refractivity contribution is 6.10. The lowest BCUT2D eigenvalue weighted by atomic mass is 10.0. The van der Waals surface area contributed by atoms with Gasteiger partial charge in [-0.25, -0.2) is 9.18 Å². The molecule has 42 heavy (non-hydrogen) atoms. The second-order valence-electron chi connectivity index (χ2n) is 10.1. The summed E-state index contributed by atoms with van der Waals surface area (Å²) in [5.74, 6) is -1.62. The van der Waals surface area contributed by atoms with Crippen LogP contribution < -0.4 is 10.6 Å². The number of carboxylic acid groups (broad SMARTS) is 1. The van der Waals surface area contributed by atoms with E-state index in [1.54, 1.807) is 24.3 Å². The van der Waals surface area contributed by atoms with Crippen LogP contribution in [0.4, 0.5) is 15.8 Å². The molecule has 1 atom stereocenters. The van der Waals surface area contributed by atoms with Crippen molar-refractivity contribution in [2.45, 2.75) is 19.5 Å². The van der Waals surface area contributed by atoms with E-state index in [0.717, 1.165) is 38.9 Å². The number of aromatic carboxylic acids is 1. The molecule has 2 heterocycles. The fraction of sp³-hybridized carbons (Fsp3) is 0.0882. The number of rotatable bonds is 8. The molecule has 8 heteroatoms. The second kappa shape index (κ2) is 11.2. The quantitative estimate of drug-likeness (QED) is 0.182. The van der Waals surface area contributed by atoms with E-state index in [2.05, 4.69) is 15.6 Å². The lowest BCUT2D eigenvalue weighted by Crippen LogP contribution is -2.27. The van der Waals surface area contributed by atoms with E-state index in [4.69, 9.17) is 0 Å². The summed E-state index contributed by atoms with van der Waals surface area (Å²) in [5.41, 5.74) is 5.23. The lowest BCUT2D eigenvalue weighted by Gasteiger charge is -2.17. The summed E-state index contributed by atoms with van der Waals surface area (Å²) in [6.45, 7) is 2.23. The number of benzene rings is 4. The maximum absolute atomic E-state index is 13.9. The third-order valence-electron chi connectivity index (χ3n) is 7.27. The number of hydrogen-bond donors (Lipinski definition) is 3. The minimum absolute atomic E-state index is 0.184. The summed E-state index contributed by atoms with van der Waals surface area (Å²) >= 11 is 0. The van der Waals surface area contributed by atoms with Crippen LogP contribution in [0.3, 0.4) is 0 Å². The summed E-state index contributed by atoms with van der Waals surface area (Å²) in [7, 11) is 0. The summed E-state index contributed by atoms with van der Waals surface area (Å²) in [6.07, 6.45) is 1.92. The summed E-state index contributed by atoms with van der Waals surface area (Å²) < 4.78 is 15.9. The first kappa shape index (κ1) is 26.7. The molecule has 1 amide bonds. The Morgan fingerprint density at radius 1 is 0.929 bits per heavy atom. The molecule has 0 radical (unpaired) electrons. The highest BCUT2D eigenvalue weighted by Crippen LogP contribution is 2.31. The van der Waals surface area contributed by atoms with Gasteiger partial charge in [0.1, 0.15) is 5.82 Å². The van der Waals surface area contributed by atoms with Gasteiger partial charge in [0, 0.05) is 34.4 Å². The number of nitrogens with one attached hydrogen (secondary N) is 2. The zero-order valence-corrected chi connectivity index (χ0v) is 22.7. The minimum Gasteiger partial charge on any atom is -0.478 e. The standard InChI is InChI=1S/C34H27FN4O3/c1-21(22-7-9-24(10-8-22)34(41)42)36-33(40)29-15-16-30(37-26-5-3-2-4-6-26)28-17-18-39(32(28)29)20-27-14-12-23-11-13-25(35)19-31(23)38-27/h2-19,21,37H,20H2,1H3,(H,36,40)(H,41,42)/t21-/m0/s1. The maximum Gasteiger partial charge on any atom is 0.335 e. The molecule has 208 valence electrons. The number of anilines is 2. The molecule has 0 saturated heterocycles. The number of halogens is 1. The Labute approximate surface area is 241 Å². The van der Waals surface area contributed by atoms with Gasteiger partial charge in [-0.3, -0.25) is 9.78 Å². The predicted molar refractivity (Wildman–Crippen MR) is 162 cm³/mol. The van der Waals surface area contributed by atoms with Crippen LogP contribution in [-0.4, -0.2) is 26.5 Å². The van der Waals surface area contributed by atoms with Crippen molar-refractivity contribution in [1.82, 2.24) is 14.9 Å². The number of carbonyl (C=O) groups is 2. The third kappa shape index (κ3) is 5.42. The van der Waals surface area contributed by atoms with Crippen molar-refractivity contribution >= 4 is 45.1 Å². The fourth-order valence-electron chi connectivity index (χ4n) is 5.09. The molecule has 0 aliphatic heterocycles. The van der Waals surface area contributed by atoms with Gasteiger partial charge >= 0.3 is 5.97 Å². The van der Waals surface area contributed by atoms with Gasteiger partial charge in [0.15, 0.2) is 0 Å². The Morgan fingerprint density at radius 3 is 2.45 bits per heavy atom. The summed E-state index contributed by atoms with van der Waals surface area (Å²) in [4.78, 5) is 29.6. The van der Waals surface area contributed by atoms with Crippen molar-refractivity contribution in [2.75, 3.05) is 5.32 Å². The van der Waals surface area contributed by atoms with Crippen molar-refractivity contribution in [3.05, 3.63) is 138 Å². The summed E-state index contributed by atoms with van der Waals surface area (Å²) in [6, 6.07) is 29.9. The molecule has 0 saturated carbocycles. The lowest BCUT2D eigenvalue weighted by molar-refractivity contribution is 0.0696. The van der Waals surface area contributed by atoms with Crippen LogP contribution in [0.15, 0.2) is 109 Å². The average molecular weight is 559 g/mol. The maximum atomic E-state index is 13.9. The van der Waals surface area contributed by atoms with Gasteiger partial charge in [-0.15, -0.1) is 0 Å². The van der Waals surface area contributed by atoms with Gasteiger partial charge in [-0.05, 0) is 73.2 Å². The predicted octanol–water partition coefficient (Wildman–Crippen LogP) is 7.31. The van der Waals surface area contributed by atoms with Crippen LogP contribution in [0.1, 0.15) is 44.9 Å². The van der Waals surface area contributed by atoms with Crippen LogP contribution >= 0.6 is 0 Å². The van der Waals surface area contributed by atoms with Gasteiger partial charge < -0.3 is 20.3 Å². The third-order valence-corrected chi connectivity index (χ3v) is 7.27. The highest BCUT2D eigenvalue weighted by atomic mass is 19.1. The number of pyridine rings is 1. The first-order valence-electron chi connectivity index (χ1n) is 13.5. The van der Waals surface area contributed by atoms with E-state index in [-0.39, 0.29) is 23.3 Å². The van der Waals surface area contributed by atoms with Gasteiger partial charge in [0.05, 0.1) is 40.4 Å². The Morgan fingerprint density at radius 2 is 1.69 bits per heavy atom. The Bertz CT molecular complexity index is 1930. The van der Waals surface area contributed by atoms with E-state index >= 15 is 0 Å². The van der Waals surface area contributed by atoms with Crippen LogP contribution in [0, 0.1) is 5.82 Å². The second-order valence-corrected chi connectivity index (χ2v) is 10.1. The zero-order valence-electron chi connectivity index (χ0n) is 22.7. The number of carboxylic acids is 1. The van der Waals surface area contributed by atoms with Crippen LogP contribution in [0.25, 0.3) is 21.8 Å². The molecule has 0 spiro atoms. The van der Waals surface area contributed by atoms with E-state index in [9.17, 15) is 19.1 Å². The fourth-order valence-corrected chi connectivity index (χ4v) is 5.09. The van der Waals surface area contributed by atoms with Crippen LogP contribution in [0.2, 0.25) is 0 Å². The van der Waals surface area contributed by atoms with E-state index in [1.807, 2.05) is 72.3 Å². The molecule has 0 aliphatic carbocycles. The first-order chi connectivity index (χ1) is 20.4. The summed E-state index contributed by atoms with van der Waals surface area (Å²) in [5, 5.41) is 17.4. The van der Waals surface area contributed by atoms with Gasteiger partial charge in [-0.1, -0.05) is 36.4 Å². The topological polar surface area (TPSA) is 96.3 Å². The highest BCUT2D eigenvalue weighted by Gasteiger charge is 2.19. The van der Waals surface area contributed by atoms with E-state index < -0.39 is 5.97 Å². The van der Waals surface area contributed by atoms with Crippen molar-refractivity contribution in [1.29, 1.82) is 0 Å². The van der Waals surface area contributed by atoms with Gasteiger partial charge in [-0.2, -0.15) is 0 Å². The number of nitrogens with zero attached hydrogens (tertiary/aromatic N) is 2. The van der Waals surface area contributed by atoms with Crippen LogP contribution in [-0.2, 0) is 6.54 Å². The Kier molecular flexibility index (Phi) is 7.10. The zero-order chi connectivity index (χ0) is 29.2. The van der Waals surface area contributed by atoms with Crippen molar-refractivity contribution in [3.8, 4) is 0 Å². The number of para-hydroxylation sites is 1. The molecule has 0 bridgehead atoms. The molecule has 0 fully saturated rings. The number of carbonyl (C=O) groups excluding carboxylic acids is 1. The molecule has 0 unspecified atom stereocenters. The molecule has 7 nitrogen and oxygen atoms in total. The Hall–Kier alpha value is -5.50. The van der Waals surface area contributed by atoms with Gasteiger partial charge in [0.25, 0.3) is 5.91 Å². The number of amides is 1. The number of fused-ring (bicyclic) bond motifs is 2. The SMILES string of the molecule is C[C@H](NC(=O)c1ccc(Nc2ccccc2)c2ccn(Cc3ccc4ccc(F)cc4n3)c12)c1ccc(C(=O)O)cc1. The smallest absolute Gasteiger partial charge is 0.335 e. The van der Waals surface area contributed by atoms with Gasteiger partial charge in [0.2, 0.25) is 0 Å². The molecule has 4 aromatic carbocycles. The van der Waals surface area contributed by atoms with Crippen LogP contribution in [0.5, 0.6) is 0 Å². The molecular weight excluding hydrogens is 531 g/mol.